The monoisotopic (exact) mass is 414 g/mol. The van der Waals surface area contributed by atoms with E-state index in [9.17, 15) is 9.59 Å². The van der Waals surface area contributed by atoms with E-state index >= 15 is 0 Å². The van der Waals surface area contributed by atoms with Crippen molar-refractivity contribution in [2.24, 2.45) is 5.92 Å². The third-order valence-corrected chi connectivity index (χ3v) is 6.95. The molecule has 1 fully saturated rings. The van der Waals surface area contributed by atoms with Gasteiger partial charge in [-0.3, -0.25) is 9.59 Å². The number of benzene rings is 1. The molecule has 1 aromatic heterocycles. The SMILES string of the molecule is COc1ccc(OC)c(NC(=O)[C@H]2CCc3sc(C(=O)N4CCCC4)cc3C2)c1. The molecule has 154 valence electrons. The zero-order valence-electron chi connectivity index (χ0n) is 16.8. The van der Waals surface area contributed by atoms with Crippen LogP contribution in [0, 0.1) is 5.92 Å². The summed E-state index contributed by atoms with van der Waals surface area (Å²) in [5.41, 5.74) is 1.75. The molecular weight excluding hydrogens is 388 g/mol. The number of methoxy groups -OCH3 is 2. The molecule has 6 nitrogen and oxygen atoms in total. The van der Waals surface area contributed by atoms with Gasteiger partial charge in [-0.05, 0) is 55.9 Å². The summed E-state index contributed by atoms with van der Waals surface area (Å²) in [6.07, 6.45) is 4.46. The minimum Gasteiger partial charge on any atom is -0.497 e. The summed E-state index contributed by atoms with van der Waals surface area (Å²) >= 11 is 1.60. The van der Waals surface area contributed by atoms with Gasteiger partial charge < -0.3 is 19.7 Å². The summed E-state index contributed by atoms with van der Waals surface area (Å²) in [5, 5.41) is 3.00. The van der Waals surface area contributed by atoms with Crippen LogP contribution in [0.2, 0.25) is 0 Å². The molecule has 1 atom stereocenters. The highest BCUT2D eigenvalue weighted by molar-refractivity contribution is 7.14. The highest BCUT2D eigenvalue weighted by Crippen LogP contribution is 2.35. The number of anilines is 1. The van der Waals surface area contributed by atoms with E-state index < -0.39 is 0 Å². The number of amides is 2. The number of hydrogen-bond donors (Lipinski definition) is 1. The second-order valence-electron chi connectivity index (χ2n) is 7.55. The molecule has 1 aliphatic carbocycles. The minimum atomic E-state index is -0.122. The molecule has 0 spiro atoms. The number of nitrogens with zero attached hydrogens (tertiary/aromatic N) is 1. The van der Waals surface area contributed by atoms with Crippen LogP contribution in [-0.2, 0) is 17.6 Å². The van der Waals surface area contributed by atoms with Gasteiger partial charge in [0.1, 0.15) is 11.5 Å². The molecule has 1 aromatic carbocycles. The lowest BCUT2D eigenvalue weighted by Crippen LogP contribution is -2.27. The third kappa shape index (κ3) is 4.10. The molecular formula is C22H26N2O4S. The molecule has 2 heterocycles. The fraction of sp³-hybridized carbons (Fsp3) is 0.455. The first-order chi connectivity index (χ1) is 14.1. The summed E-state index contributed by atoms with van der Waals surface area (Å²) in [6.45, 7) is 1.71. The van der Waals surface area contributed by atoms with Crippen molar-refractivity contribution in [2.75, 3.05) is 32.6 Å². The Hall–Kier alpha value is -2.54. The number of ether oxygens (including phenoxy) is 2. The normalized spacial score (nSPS) is 18.3. The minimum absolute atomic E-state index is 0.0270. The molecule has 1 saturated heterocycles. The number of fused-ring (bicyclic) bond motifs is 1. The first kappa shape index (κ1) is 19.8. The van der Waals surface area contributed by atoms with Gasteiger partial charge in [0, 0.05) is 30.0 Å². The quantitative estimate of drug-likeness (QED) is 0.809. The van der Waals surface area contributed by atoms with Gasteiger partial charge in [0.2, 0.25) is 5.91 Å². The molecule has 0 saturated carbocycles. The van der Waals surface area contributed by atoms with Crippen molar-refractivity contribution in [2.45, 2.75) is 32.1 Å². The van der Waals surface area contributed by atoms with Gasteiger partial charge in [-0.2, -0.15) is 0 Å². The Morgan fingerprint density at radius 1 is 1.14 bits per heavy atom. The number of aryl methyl sites for hydroxylation is 1. The third-order valence-electron chi connectivity index (χ3n) is 5.72. The lowest BCUT2D eigenvalue weighted by Gasteiger charge is -2.22. The number of thiophene rings is 1. The van der Waals surface area contributed by atoms with E-state index in [1.807, 2.05) is 11.0 Å². The molecule has 29 heavy (non-hydrogen) atoms. The van der Waals surface area contributed by atoms with Gasteiger partial charge in [-0.1, -0.05) is 0 Å². The summed E-state index contributed by atoms with van der Waals surface area (Å²) in [4.78, 5) is 29.6. The standard InChI is InChI=1S/C22H26N2O4S/c1-27-16-6-7-18(28-2)17(13-16)23-21(25)14-5-8-19-15(11-14)12-20(29-19)22(26)24-9-3-4-10-24/h6-7,12-14H,3-5,8-11H2,1-2H3,(H,23,25)/t14-/m0/s1. The van der Waals surface area contributed by atoms with Crippen LogP contribution < -0.4 is 14.8 Å². The summed E-state index contributed by atoms with van der Waals surface area (Å²) < 4.78 is 10.6. The van der Waals surface area contributed by atoms with E-state index in [1.165, 1.54) is 4.88 Å². The Morgan fingerprint density at radius 2 is 1.93 bits per heavy atom. The van der Waals surface area contributed by atoms with Gasteiger partial charge in [0.25, 0.3) is 5.91 Å². The first-order valence-corrected chi connectivity index (χ1v) is 10.8. The largest absolute Gasteiger partial charge is 0.497 e. The van der Waals surface area contributed by atoms with E-state index in [4.69, 9.17) is 9.47 Å². The van der Waals surface area contributed by atoms with E-state index in [0.717, 1.165) is 49.2 Å². The van der Waals surface area contributed by atoms with Crippen molar-refractivity contribution in [3.63, 3.8) is 0 Å². The van der Waals surface area contributed by atoms with Crippen LogP contribution in [0.3, 0.4) is 0 Å². The number of rotatable bonds is 5. The van der Waals surface area contributed by atoms with Crippen LogP contribution in [0.25, 0.3) is 0 Å². The summed E-state index contributed by atoms with van der Waals surface area (Å²) in [6, 6.07) is 7.35. The maximum Gasteiger partial charge on any atom is 0.263 e. The second kappa shape index (κ2) is 8.45. The van der Waals surface area contributed by atoms with Crippen molar-refractivity contribution in [3.05, 3.63) is 39.6 Å². The van der Waals surface area contributed by atoms with Gasteiger partial charge in [0.05, 0.1) is 24.8 Å². The van der Waals surface area contributed by atoms with Gasteiger partial charge in [-0.25, -0.2) is 0 Å². The zero-order chi connectivity index (χ0) is 20.4. The Bertz CT molecular complexity index is 918. The van der Waals surface area contributed by atoms with Crippen LogP contribution in [0.4, 0.5) is 5.69 Å². The molecule has 1 aliphatic heterocycles. The maximum absolute atomic E-state index is 12.9. The van der Waals surface area contributed by atoms with Crippen LogP contribution >= 0.6 is 11.3 Å². The lowest BCUT2D eigenvalue weighted by atomic mass is 9.87. The summed E-state index contributed by atoms with van der Waals surface area (Å²) in [5.74, 6) is 1.26. The number of carbonyl (C=O) groups is 2. The zero-order valence-corrected chi connectivity index (χ0v) is 17.6. The van der Waals surface area contributed by atoms with E-state index in [0.29, 0.717) is 23.6 Å². The molecule has 2 aromatic rings. The fourth-order valence-corrected chi connectivity index (χ4v) is 5.25. The van der Waals surface area contributed by atoms with E-state index in [1.54, 1.807) is 43.8 Å². The Morgan fingerprint density at radius 3 is 2.66 bits per heavy atom. The molecule has 1 N–H and O–H groups in total. The Balaban J connectivity index is 1.46. The molecule has 0 bridgehead atoms. The smallest absolute Gasteiger partial charge is 0.263 e. The van der Waals surface area contributed by atoms with Gasteiger partial charge in [0.15, 0.2) is 0 Å². The van der Waals surface area contributed by atoms with Crippen LogP contribution in [0.15, 0.2) is 24.3 Å². The van der Waals surface area contributed by atoms with Crippen molar-refractivity contribution >= 4 is 28.8 Å². The molecule has 2 amide bonds. The van der Waals surface area contributed by atoms with Crippen molar-refractivity contribution in [3.8, 4) is 11.5 Å². The number of nitrogens with one attached hydrogen (secondary N) is 1. The highest BCUT2D eigenvalue weighted by Gasteiger charge is 2.29. The molecule has 2 aliphatic rings. The number of likely N-dealkylation sites (tertiary alicyclic amines) is 1. The molecule has 0 radical (unpaired) electrons. The molecule has 0 unspecified atom stereocenters. The number of carbonyl (C=O) groups excluding carboxylic acids is 2. The predicted octanol–water partition coefficient (Wildman–Crippen LogP) is 3.74. The van der Waals surface area contributed by atoms with Crippen molar-refractivity contribution < 1.29 is 19.1 Å². The van der Waals surface area contributed by atoms with E-state index in [2.05, 4.69) is 5.32 Å². The van der Waals surface area contributed by atoms with Crippen LogP contribution in [-0.4, -0.2) is 44.0 Å². The average molecular weight is 415 g/mol. The predicted molar refractivity (Wildman–Crippen MR) is 113 cm³/mol. The Kier molecular flexibility index (Phi) is 5.76. The Labute approximate surface area is 174 Å². The van der Waals surface area contributed by atoms with Gasteiger partial charge in [-0.15, -0.1) is 11.3 Å². The average Bonchev–Trinajstić information content (AvgIpc) is 3.42. The second-order valence-corrected chi connectivity index (χ2v) is 8.69. The molecule has 7 heteroatoms. The first-order valence-electron chi connectivity index (χ1n) is 10.0. The van der Waals surface area contributed by atoms with Gasteiger partial charge >= 0.3 is 0 Å². The van der Waals surface area contributed by atoms with Crippen molar-refractivity contribution in [1.82, 2.24) is 4.90 Å². The van der Waals surface area contributed by atoms with Crippen LogP contribution in [0.5, 0.6) is 11.5 Å². The fourth-order valence-electron chi connectivity index (χ4n) is 4.08. The van der Waals surface area contributed by atoms with Crippen molar-refractivity contribution in [1.29, 1.82) is 0 Å². The van der Waals surface area contributed by atoms with Crippen LogP contribution in [0.1, 0.15) is 39.4 Å². The van der Waals surface area contributed by atoms with E-state index in [-0.39, 0.29) is 17.7 Å². The molecule has 4 rings (SSSR count). The summed E-state index contributed by atoms with van der Waals surface area (Å²) in [7, 11) is 3.17. The lowest BCUT2D eigenvalue weighted by molar-refractivity contribution is -0.120. The highest BCUT2D eigenvalue weighted by atomic mass is 32.1. The number of hydrogen-bond acceptors (Lipinski definition) is 5. The maximum atomic E-state index is 12.9. The topological polar surface area (TPSA) is 67.9 Å².